The van der Waals surface area contributed by atoms with E-state index >= 15 is 0 Å². The van der Waals surface area contributed by atoms with Gasteiger partial charge in [-0.1, -0.05) is 0 Å². The average molecular weight is 241 g/mol. The van der Waals surface area contributed by atoms with E-state index in [4.69, 9.17) is 4.74 Å². The van der Waals surface area contributed by atoms with Crippen molar-refractivity contribution >= 4 is 23.5 Å². The van der Waals surface area contributed by atoms with Gasteiger partial charge in [0.25, 0.3) is 0 Å². The third-order valence-electron chi connectivity index (χ3n) is 2.13. The van der Waals surface area contributed by atoms with Crippen LogP contribution in [0.15, 0.2) is 11.4 Å². The van der Waals surface area contributed by atoms with Gasteiger partial charge in [-0.25, -0.2) is 0 Å². The Morgan fingerprint density at radius 3 is 2.69 bits per heavy atom. The largest absolute Gasteiger partial charge is 0.373 e. The summed E-state index contributed by atoms with van der Waals surface area (Å²) in [6.45, 7) is 3.35. The summed E-state index contributed by atoms with van der Waals surface area (Å²) in [6.07, 6.45) is 0.282. The number of aryl methyl sites for hydroxylation is 1. The van der Waals surface area contributed by atoms with Gasteiger partial charge in [0.15, 0.2) is 0 Å². The maximum absolute atomic E-state index is 10.9. The molecule has 2 atom stereocenters. The van der Waals surface area contributed by atoms with Crippen LogP contribution in [0.3, 0.4) is 0 Å². The van der Waals surface area contributed by atoms with E-state index in [1.165, 1.54) is 25.4 Å². The van der Waals surface area contributed by atoms with Gasteiger partial charge in [0, 0.05) is 18.9 Å². The molecule has 4 nitrogen and oxygen atoms in total. The molecule has 0 unspecified atom stereocenters. The minimum atomic E-state index is -0.638. The van der Waals surface area contributed by atoms with Crippen LogP contribution in [-0.4, -0.2) is 25.3 Å². The summed E-state index contributed by atoms with van der Waals surface area (Å²) >= 11 is 1.52. The van der Waals surface area contributed by atoms with Crippen molar-refractivity contribution in [1.82, 2.24) is 5.32 Å². The molecule has 0 aliphatic heterocycles. The van der Waals surface area contributed by atoms with Crippen molar-refractivity contribution in [2.75, 3.05) is 7.11 Å². The van der Waals surface area contributed by atoms with E-state index < -0.39 is 12.1 Å². The van der Waals surface area contributed by atoms with Gasteiger partial charge in [-0.05, 0) is 23.9 Å². The lowest BCUT2D eigenvalue weighted by Crippen LogP contribution is -2.39. The average Bonchev–Trinajstić information content (AvgIpc) is 2.64. The molecule has 0 fully saturated rings. The molecule has 0 radical (unpaired) electrons. The van der Waals surface area contributed by atoms with Crippen LogP contribution in [0.5, 0.6) is 0 Å². The van der Waals surface area contributed by atoms with Crippen molar-refractivity contribution in [3.05, 3.63) is 21.9 Å². The molecule has 1 rings (SSSR count). The summed E-state index contributed by atoms with van der Waals surface area (Å²) in [5, 5.41) is 4.55. The number of amides is 1. The Morgan fingerprint density at radius 2 is 2.31 bits per heavy atom. The minimum absolute atomic E-state index is 0.243. The predicted molar refractivity (Wildman–Crippen MR) is 62.5 cm³/mol. The summed E-state index contributed by atoms with van der Waals surface area (Å²) in [6, 6.07) is 1.32. The van der Waals surface area contributed by atoms with Gasteiger partial charge in [0.1, 0.15) is 18.4 Å². The highest BCUT2D eigenvalue weighted by Crippen LogP contribution is 2.26. The van der Waals surface area contributed by atoms with Gasteiger partial charge < -0.3 is 14.8 Å². The Labute approximate surface area is 98.6 Å². The maximum atomic E-state index is 10.9. The molecule has 0 saturated carbocycles. The van der Waals surface area contributed by atoms with Gasteiger partial charge in [0.05, 0.1) is 0 Å². The Hall–Kier alpha value is -1.20. The Morgan fingerprint density at radius 1 is 1.62 bits per heavy atom. The molecule has 0 saturated heterocycles. The fourth-order valence-electron chi connectivity index (χ4n) is 1.46. The highest BCUT2D eigenvalue weighted by atomic mass is 32.1. The number of carbonyl (C=O) groups is 2. The van der Waals surface area contributed by atoms with Gasteiger partial charge in [0.2, 0.25) is 5.91 Å². The Bertz CT molecular complexity index is 375. The van der Waals surface area contributed by atoms with E-state index in [-0.39, 0.29) is 5.91 Å². The second-order valence-corrected chi connectivity index (χ2v) is 4.49. The number of carbonyl (C=O) groups excluding carboxylic acids is 2. The van der Waals surface area contributed by atoms with E-state index in [2.05, 4.69) is 5.32 Å². The van der Waals surface area contributed by atoms with Crippen LogP contribution in [0.25, 0.3) is 0 Å². The summed E-state index contributed by atoms with van der Waals surface area (Å²) in [7, 11) is 1.53. The third kappa shape index (κ3) is 3.15. The monoisotopic (exact) mass is 241 g/mol. The zero-order valence-electron chi connectivity index (χ0n) is 9.52. The van der Waals surface area contributed by atoms with Gasteiger partial charge >= 0.3 is 0 Å². The number of methoxy groups -OCH3 is 1. The van der Waals surface area contributed by atoms with Crippen LogP contribution < -0.4 is 5.32 Å². The molecule has 0 aliphatic carbocycles. The fraction of sp³-hybridized carbons (Fsp3) is 0.455. The smallest absolute Gasteiger partial charge is 0.217 e. The molecule has 16 heavy (non-hydrogen) atoms. The molecular weight excluding hydrogens is 226 g/mol. The summed E-state index contributed by atoms with van der Waals surface area (Å²) < 4.78 is 5.27. The molecule has 0 aromatic carbocycles. The van der Waals surface area contributed by atoms with Crippen LogP contribution in [0.1, 0.15) is 23.5 Å². The third-order valence-corrected chi connectivity index (χ3v) is 3.24. The standard InChI is InChI=1S/C11H15NO3S/c1-7-4-10(16-6-7)11(15-3)9(5-13)12-8(2)14/h4-6,9,11H,1-3H3,(H,12,14)/t9-,11-/m0/s1. The molecule has 0 aliphatic rings. The SMILES string of the molecule is CO[C@H](c1cc(C)cs1)[C@H](C=O)NC(C)=O. The van der Waals surface area contributed by atoms with Crippen molar-refractivity contribution in [3.8, 4) is 0 Å². The molecule has 1 N–H and O–H groups in total. The van der Waals surface area contributed by atoms with Gasteiger partial charge in [-0.3, -0.25) is 4.79 Å². The summed E-state index contributed by atoms with van der Waals surface area (Å²) in [5.74, 6) is -0.243. The van der Waals surface area contributed by atoms with Crippen molar-refractivity contribution in [3.63, 3.8) is 0 Å². The summed E-state index contributed by atoms with van der Waals surface area (Å²) in [4.78, 5) is 22.8. The topological polar surface area (TPSA) is 55.4 Å². The Balaban J connectivity index is 2.86. The van der Waals surface area contributed by atoms with Crippen LogP contribution in [0, 0.1) is 6.92 Å². The summed E-state index contributed by atoms with van der Waals surface area (Å²) in [5.41, 5.74) is 1.12. The van der Waals surface area contributed by atoms with E-state index in [9.17, 15) is 9.59 Å². The molecule has 0 bridgehead atoms. The van der Waals surface area contributed by atoms with Crippen molar-refractivity contribution in [1.29, 1.82) is 0 Å². The lowest BCUT2D eigenvalue weighted by atomic mass is 10.1. The number of ether oxygens (including phenoxy) is 1. The number of hydrogen-bond donors (Lipinski definition) is 1. The lowest BCUT2D eigenvalue weighted by molar-refractivity contribution is -0.124. The van der Waals surface area contributed by atoms with Crippen molar-refractivity contribution in [2.45, 2.75) is 26.0 Å². The molecular formula is C11H15NO3S. The van der Waals surface area contributed by atoms with E-state index in [0.717, 1.165) is 10.4 Å². The second kappa shape index (κ2) is 5.77. The van der Waals surface area contributed by atoms with Gasteiger partial charge in [-0.15, -0.1) is 11.3 Å². The highest BCUT2D eigenvalue weighted by Gasteiger charge is 2.24. The number of aldehydes is 1. The highest BCUT2D eigenvalue weighted by molar-refractivity contribution is 7.10. The van der Waals surface area contributed by atoms with Crippen LogP contribution >= 0.6 is 11.3 Å². The number of thiophene rings is 1. The zero-order valence-corrected chi connectivity index (χ0v) is 10.3. The fourth-order valence-corrected chi connectivity index (χ4v) is 2.48. The first-order chi connectivity index (χ1) is 7.58. The molecule has 1 heterocycles. The van der Waals surface area contributed by atoms with Crippen LogP contribution in [0.4, 0.5) is 0 Å². The second-order valence-electron chi connectivity index (χ2n) is 3.55. The van der Waals surface area contributed by atoms with E-state index in [1.54, 1.807) is 0 Å². The molecule has 0 spiro atoms. The zero-order chi connectivity index (χ0) is 12.1. The number of rotatable bonds is 5. The number of hydrogen-bond acceptors (Lipinski definition) is 4. The minimum Gasteiger partial charge on any atom is -0.373 e. The van der Waals surface area contributed by atoms with E-state index in [0.29, 0.717) is 6.29 Å². The molecule has 1 aromatic rings. The molecule has 1 amide bonds. The van der Waals surface area contributed by atoms with Gasteiger partial charge in [-0.2, -0.15) is 0 Å². The quantitative estimate of drug-likeness (QED) is 0.794. The van der Waals surface area contributed by atoms with Crippen molar-refractivity contribution < 1.29 is 14.3 Å². The molecule has 1 aromatic heterocycles. The van der Waals surface area contributed by atoms with Crippen molar-refractivity contribution in [2.24, 2.45) is 0 Å². The van der Waals surface area contributed by atoms with Crippen LogP contribution in [-0.2, 0) is 14.3 Å². The van der Waals surface area contributed by atoms with E-state index in [1.807, 2.05) is 18.4 Å². The first kappa shape index (κ1) is 12.9. The first-order valence-electron chi connectivity index (χ1n) is 4.88. The lowest BCUT2D eigenvalue weighted by Gasteiger charge is -2.20. The number of nitrogens with one attached hydrogen (secondary N) is 1. The predicted octanol–water partition coefficient (Wildman–Crippen LogP) is 1.45. The molecule has 88 valence electrons. The molecule has 5 heteroatoms. The van der Waals surface area contributed by atoms with Crippen LogP contribution in [0.2, 0.25) is 0 Å². The Kier molecular flexibility index (Phi) is 4.64. The maximum Gasteiger partial charge on any atom is 0.217 e. The normalized spacial score (nSPS) is 14.2. The first-order valence-corrected chi connectivity index (χ1v) is 5.76.